The summed E-state index contributed by atoms with van der Waals surface area (Å²) in [5.74, 6) is 0.346. The summed E-state index contributed by atoms with van der Waals surface area (Å²) >= 11 is 0. The first-order chi connectivity index (χ1) is 10.8. The molecule has 23 heavy (non-hydrogen) atoms. The predicted octanol–water partition coefficient (Wildman–Crippen LogP) is 0.233. The Balaban J connectivity index is 2.23. The zero-order valence-electron chi connectivity index (χ0n) is 12.7. The molecule has 0 radical (unpaired) electrons. The Morgan fingerprint density at radius 1 is 1.30 bits per heavy atom. The second kappa shape index (κ2) is 7.09. The smallest absolute Gasteiger partial charge is 0.296 e. The van der Waals surface area contributed by atoms with Crippen LogP contribution in [-0.4, -0.2) is 57.5 Å². The second-order valence-corrected chi connectivity index (χ2v) is 5.25. The van der Waals surface area contributed by atoms with Crippen molar-refractivity contribution in [2.45, 2.75) is 44.5 Å². The first-order valence-electron chi connectivity index (χ1n) is 7.22. The number of rotatable bonds is 5. The fourth-order valence-corrected chi connectivity index (χ4v) is 2.36. The van der Waals surface area contributed by atoms with E-state index < -0.39 is 35.6 Å². The average molecular weight is 328 g/mol. The van der Waals surface area contributed by atoms with Crippen molar-refractivity contribution in [2.75, 3.05) is 11.9 Å². The van der Waals surface area contributed by atoms with Gasteiger partial charge in [0.15, 0.2) is 6.23 Å². The normalized spacial score (nSPS) is 30.7. The molecule has 9 nitrogen and oxygen atoms in total. The summed E-state index contributed by atoms with van der Waals surface area (Å²) in [4.78, 5) is 10.6. The molecule has 1 aromatic carbocycles. The molecule has 0 aromatic heterocycles. The lowest BCUT2D eigenvalue weighted by Crippen LogP contribution is -2.58. The topological polar surface area (TPSA) is 134 Å². The zero-order chi connectivity index (χ0) is 17.1. The first kappa shape index (κ1) is 17.4. The molecule has 0 spiro atoms. The Morgan fingerprint density at radius 3 is 2.61 bits per heavy atom. The van der Waals surface area contributed by atoms with Crippen molar-refractivity contribution in [1.29, 1.82) is 0 Å². The summed E-state index contributed by atoms with van der Waals surface area (Å²) in [6.45, 7) is 3.66. The highest BCUT2D eigenvalue weighted by Gasteiger charge is 2.42. The summed E-state index contributed by atoms with van der Waals surface area (Å²) in [6, 6.07) is 4.24. The van der Waals surface area contributed by atoms with Gasteiger partial charge in [-0.2, -0.15) is 0 Å². The highest BCUT2D eigenvalue weighted by Crippen LogP contribution is 2.31. The molecule has 128 valence electrons. The van der Waals surface area contributed by atoms with Crippen molar-refractivity contribution in [3.63, 3.8) is 0 Å². The summed E-state index contributed by atoms with van der Waals surface area (Å²) in [5, 5.41) is 43.3. The van der Waals surface area contributed by atoms with E-state index in [1.807, 2.05) is 0 Å². The van der Waals surface area contributed by atoms with Gasteiger partial charge in [-0.1, -0.05) is 0 Å². The fourth-order valence-electron chi connectivity index (χ4n) is 2.36. The number of nitro groups is 1. The third-order valence-corrected chi connectivity index (χ3v) is 3.63. The lowest BCUT2D eigenvalue weighted by molar-refractivity contribution is -0.384. The van der Waals surface area contributed by atoms with Crippen molar-refractivity contribution in [3.05, 3.63) is 28.3 Å². The Morgan fingerprint density at radius 2 is 2.00 bits per heavy atom. The van der Waals surface area contributed by atoms with Gasteiger partial charge in [-0.15, -0.1) is 0 Å². The van der Waals surface area contributed by atoms with Crippen LogP contribution in [0.4, 0.5) is 11.4 Å². The maximum atomic E-state index is 11.2. The number of aliphatic hydroxyl groups is 3. The molecule has 0 amide bonds. The van der Waals surface area contributed by atoms with Gasteiger partial charge in [0, 0.05) is 0 Å². The van der Waals surface area contributed by atoms with E-state index in [1.165, 1.54) is 19.1 Å². The molecule has 0 unspecified atom stereocenters. The molecule has 1 aliphatic heterocycles. The molecular formula is C14H20N2O7. The summed E-state index contributed by atoms with van der Waals surface area (Å²) in [6.07, 6.45) is -5.93. The van der Waals surface area contributed by atoms with Crippen LogP contribution >= 0.6 is 0 Å². The lowest BCUT2D eigenvalue weighted by Gasteiger charge is -2.39. The van der Waals surface area contributed by atoms with Crippen LogP contribution in [0, 0.1) is 10.1 Å². The number of hydrogen-bond acceptors (Lipinski definition) is 8. The van der Waals surface area contributed by atoms with Crippen LogP contribution in [0.5, 0.6) is 5.75 Å². The van der Waals surface area contributed by atoms with Crippen LogP contribution in [0.25, 0.3) is 0 Å². The van der Waals surface area contributed by atoms with Crippen LogP contribution in [0.15, 0.2) is 18.2 Å². The Labute approximate surface area is 132 Å². The van der Waals surface area contributed by atoms with E-state index in [0.717, 1.165) is 0 Å². The Hall–Kier alpha value is -1.94. The van der Waals surface area contributed by atoms with Crippen molar-refractivity contribution in [3.8, 4) is 5.75 Å². The van der Waals surface area contributed by atoms with Gasteiger partial charge >= 0.3 is 0 Å². The van der Waals surface area contributed by atoms with E-state index in [0.29, 0.717) is 12.4 Å². The van der Waals surface area contributed by atoms with E-state index in [2.05, 4.69) is 5.32 Å². The monoisotopic (exact) mass is 328 g/mol. The van der Waals surface area contributed by atoms with Crippen LogP contribution in [0.1, 0.15) is 13.8 Å². The molecule has 2 rings (SSSR count). The Kier molecular flexibility index (Phi) is 5.37. The van der Waals surface area contributed by atoms with Gasteiger partial charge in [0.05, 0.1) is 23.7 Å². The first-order valence-corrected chi connectivity index (χ1v) is 7.22. The van der Waals surface area contributed by atoms with Crippen LogP contribution in [0.3, 0.4) is 0 Å². The molecule has 1 saturated heterocycles. The van der Waals surface area contributed by atoms with Crippen LogP contribution in [0.2, 0.25) is 0 Å². The second-order valence-electron chi connectivity index (χ2n) is 5.25. The summed E-state index contributed by atoms with van der Waals surface area (Å²) in [7, 11) is 0. The molecule has 0 saturated carbocycles. The number of nitro benzene ring substituents is 1. The van der Waals surface area contributed by atoms with Gasteiger partial charge in [-0.05, 0) is 26.0 Å². The third-order valence-electron chi connectivity index (χ3n) is 3.63. The number of ether oxygens (including phenoxy) is 2. The highest BCUT2D eigenvalue weighted by atomic mass is 16.6. The fraction of sp³-hybridized carbons (Fsp3) is 0.571. The van der Waals surface area contributed by atoms with Gasteiger partial charge < -0.3 is 30.1 Å². The number of nitrogens with one attached hydrogen (secondary N) is 1. The third kappa shape index (κ3) is 3.70. The standard InChI is InChI=1S/C14H20N2O7/c1-3-22-8-4-5-9(10(6-8)16(20)21)15-14-13(19)12(18)11(17)7(2)23-14/h4-7,11-15,17-19H,3H2,1-2H3/t7-,11+,12+,13+,14+/m0/s1. The number of aliphatic hydroxyl groups excluding tert-OH is 3. The van der Waals surface area contributed by atoms with Crippen molar-refractivity contribution in [1.82, 2.24) is 0 Å². The minimum atomic E-state index is -1.44. The Bertz CT molecular complexity index is 568. The van der Waals surface area contributed by atoms with Crippen LogP contribution in [-0.2, 0) is 4.74 Å². The maximum Gasteiger partial charge on any atom is 0.296 e. The molecule has 0 aliphatic carbocycles. The molecule has 4 N–H and O–H groups in total. The average Bonchev–Trinajstić information content (AvgIpc) is 2.52. The van der Waals surface area contributed by atoms with E-state index in [-0.39, 0.29) is 11.4 Å². The predicted molar refractivity (Wildman–Crippen MR) is 80.2 cm³/mol. The molecule has 0 bridgehead atoms. The summed E-state index contributed by atoms with van der Waals surface area (Å²) in [5.41, 5.74) is -0.140. The van der Waals surface area contributed by atoms with Gasteiger partial charge in [0.25, 0.3) is 5.69 Å². The molecule has 1 fully saturated rings. The zero-order valence-corrected chi connectivity index (χ0v) is 12.7. The largest absolute Gasteiger partial charge is 0.494 e. The van der Waals surface area contributed by atoms with Gasteiger partial charge in [-0.25, -0.2) is 0 Å². The van der Waals surface area contributed by atoms with Gasteiger partial charge in [-0.3, -0.25) is 10.1 Å². The van der Waals surface area contributed by atoms with Crippen molar-refractivity contribution < 1.29 is 29.7 Å². The molecule has 9 heteroatoms. The highest BCUT2D eigenvalue weighted by molar-refractivity contribution is 5.64. The number of nitrogens with zero attached hydrogens (tertiary/aromatic N) is 1. The maximum absolute atomic E-state index is 11.2. The van der Waals surface area contributed by atoms with E-state index in [9.17, 15) is 25.4 Å². The molecule has 1 heterocycles. The van der Waals surface area contributed by atoms with Crippen molar-refractivity contribution in [2.24, 2.45) is 0 Å². The SMILES string of the molecule is CCOc1ccc(N[C@@H]2O[C@@H](C)[C@@H](O)[C@@H](O)[C@H]2O)c([N+](=O)[O-])c1. The molecular weight excluding hydrogens is 308 g/mol. The minimum Gasteiger partial charge on any atom is -0.494 e. The van der Waals surface area contributed by atoms with E-state index in [4.69, 9.17) is 9.47 Å². The number of anilines is 1. The van der Waals surface area contributed by atoms with Crippen molar-refractivity contribution >= 4 is 11.4 Å². The number of hydrogen-bond donors (Lipinski definition) is 4. The van der Waals surface area contributed by atoms with Gasteiger partial charge in [0.1, 0.15) is 29.7 Å². The molecule has 5 atom stereocenters. The molecule has 1 aromatic rings. The van der Waals surface area contributed by atoms with Crippen LogP contribution < -0.4 is 10.1 Å². The summed E-state index contributed by atoms with van der Waals surface area (Å²) < 4.78 is 10.6. The minimum absolute atomic E-state index is 0.110. The number of benzene rings is 1. The van der Waals surface area contributed by atoms with Gasteiger partial charge in [0.2, 0.25) is 0 Å². The van der Waals surface area contributed by atoms with E-state index in [1.54, 1.807) is 13.0 Å². The molecule has 1 aliphatic rings. The van der Waals surface area contributed by atoms with E-state index >= 15 is 0 Å². The lowest BCUT2D eigenvalue weighted by atomic mass is 9.99. The quantitative estimate of drug-likeness (QED) is 0.446.